The number of amidine groups is 1. The SMILES string of the molecule is CCCCC1CCCN2CCCN=C12. The molecule has 2 nitrogen and oxygen atoms in total. The zero-order valence-corrected chi connectivity index (χ0v) is 9.34. The molecule has 1 atom stereocenters. The topological polar surface area (TPSA) is 15.6 Å². The normalized spacial score (nSPS) is 27.1. The summed E-state index contributed by atoms with van der Waals surface area (Å²) in [6.07, 6.45) is 8.10. The predicted octanol–water partition coefficient (Wildman–Crippen LogP) is 2.69. The van der Waals surface area contributed by atoms with Crippen LogP contribution < -0.4 is 0 Å². The Morgan fingerprint density at radius 3 is 3.07 bits per heavy atom. The fourth-order valence-electron chi connectivity index (χ4n) is 2.66. The maximum Gasteiger partial charge on any atom is 0.102 e. The van der Waals surface area contributed by atoms with Gasteiger partial charge in [0.05, 0.1) is 0 Å². The van der Waals surface area contributed by atoms with E-state index in [0.717, 1.165) is 12.5 Å². The number of piperidine rings is 1. The van der Waals surface area contributed by atoms with Crippen LogP contribution in [0.25, 0.3) is 0 Å². The molecule has 0 amide bonds. The van der Waals surface area contributed by atoms with Crippen LogP contribution in [0.15, 0.2) is 4.99 Å². The Bertz CT molecular complexity index is 210. The summed E-state index contributed by atoms with van der Waals surface area (Å²) >= 11 is 0. The number of hydrogen-bond acceptors (Lipinski definition) is 2. The molecule has 0 aromatic carbocycles. The highest BCUT2D eigenvalue weighted by atomic mass is 15.2. The molecule has 0 aliphatic carbocycles. The van der Waals surface area contributed by atoms with Crippen molar-refractivity contribution in [3.05, 3.63) is 0 Å². The molecule has 0 N–H and O–H groups in total. The van der Waals surface area contributed by atoms with E-state index in [1.165, 1.54) is 57.5 Å². The Hall–Kier alpha value is -0.530. The molecule has 2 heterocycles. The van der Waals surface area contributed by atoms with Crippen molar-refractivity contribution >= 4 is 5.84 Å². The smallest absolute Gasteiger partial charge is 0.102 e. The molecule has 0 radical (unpaired) electrons. The van der Waals surface area contributed by atoms with E-state index in [9.17, 15) is 0 Å². The first-order valence-corrected chi connectivity index (χ1v) is 6.21. The van der Waals surface area contributed by atoms with E-state index in [4.69, 9.17) is 4.99 Å². The van der Waals surface area contributed by atoms with Gasteiger partial charge in [-0.3, -0.25) is 4.99 Å². The van der Waals surface area contributed by atoms with Gasteiger partial charge in [-0.1, -0.05) is 19.8 Å². The fourth-order valence-corrected chi connectivity index (χ4v) is 2.66. The van der Waals surface area contributed by atoms with Crippen LogP contribution in [0.2, 0.25) is 0 Å². The molecule has 0 aromatic rings. The number of unbranched alkanes of at least 4 members (excludes halogenated alkanes) is 1. The van der Waals surface area contributed by atoms with Crippen molar-refractivity contribution in [1.82, 2.24) is 4.90 Å². The summed E-state index contributed by atoms with van der Waals surface area (Å²) in [5, 5.41) is 0. The van der Waals surface area contributed by atoms with E-state index in [1.54, 1.807) is 0 Å². The number of nitrogens with zero attached hydrogens (tertiary/aromatic N) is 2. The third-order valence-electron chi connectivity index (χ3n) is 3.44. The van der Waals surface area contributed by atoms with Gasteiger partial charge in [-0.2, -0.15) is 0 Å². The maximum atomic E-state index is 4.73. The molecule has 1 fully saturated rings. The van der Waals surface area contributed by atoms with Crippen LogP contribution in [-0.2, 0) is 0 Å². The van der Waals surface area contributed by atoms with E-state index in [-0.39, 0.29) is 0 Å². The molecule has 1 unspecified atom stereocenters. The molecule has 2 heteroatoms. The van der Waals surface area contributed by atoms with Crippen molar-refractivity contribution in [2.24, 2.45) is 10.9 Å². The number of rotatable bonds is 3. The van der Waals surface area contributed by atoms with E-state index >= 15 is 0 Å². The van der Waals surface area contributed by atoms with Crippen molar-refractivity contribution in [2.75, 3.05) is 19.6 Å². The Labute approximate surface area is 87.4 Å². The quantitative estimate of drug-likeness (QED) is 0.674. The molecule has 1 saturated heterocycles. The zero-order chi connectivity index (χ0) is 9.80. The molecule has 0 spiro atoms. The maximum absolute atomic E-state index is 4.73. The highest BCUT2D eigenvalue weighted by Gasteiger charge is 2.27. The molecule has 2 aliphatic heterocycles. The van der Waals surface area contributed by atoms with Crippen molar-refractivity contribution in [3.63, 3.8) is 0 Å². The average Bonchev–Trinajstić information content (AvgIpc) is 2.26. The summed E-state index contributed by atoms with van der Waals surface area (Å²) in [4.78, 5) is 7.26. The van der Waals surface area contributed by atoms with Crippen LogP contribution >= 0.6 is 0 Å². The van der Waals surface area contributed by atoms with Crippen LogP contribution in [0.4, 0.5) is 0 Å². The molecular formula is C12H22N2. The molecule has 2 aliphatic rings. The van der Waals surface area contributed by atoms with Crippen molar-refractivity contribution in [2.45, 2.75) is 45.4 Å². The van der Waals surface area contributed by atoms with Gasteiger partial charge < -0.3 is 4.90 Å². The Morgan fingerprint density at radius 1 is 1.36 bits per heavy atom. The standard InChI is InChI=1S/C12H22N2/c1-2-3-6-11-7-4-9-14-10-5-8-13-12(11)14/h11H,2-10H2,1H3. The Balaban J connectivity index is 1.97. The van der Waals surface area contributed by atoms with Gasteiger partial charge in [-0.15, -0.1) is 0 Å². The van der Waals surface area contributed by atoms with E-state index in [1.807, 2.05) is 0 Å². The van der Waals surface area contributed by atoms with E-state index in [0.29, 0.717) is 0 Å². The van der Waals surface area contributed by atoms with Crippen molar-refractivity contribution in [3.8, 4) is 0 Å². The summed E-state index contributed by atoms with van der Waals surface area (Å²) in [6, 6.07) is 0. The minimum atomic E-state index is 0.795. The predicted molar refractivity (Wildman–Crippen MR) is 60.7 cm³/mol. The summed E-state index contributed by atoms with van der Waals surface area (Å²) in [6.45, 7) is 5.89. The summed E-state index contributed by atoms with van der Waals surface area (Å²) in [7, 11) is 0. The molecule has 0 saturated carbocycles. The number of hydrogen-bond donors (Lipinski definition) is 0. The van der Waals surface area contributed by atoms with Gasteiger partial charge >= 0.3 is 0 Å². The van der Waals surface area contributed by atoms with Gasteiger partial charge in [0.2, 0.25) is 0 Å². The van der Waals surface area contributed by atoms with Crippen molar-refractivity contribution < 1.29 is 0 Å². The second-order valence-electron chi connectivity index (χ2n) is 4.56. The van der Waals surface area contributed by atoms with Crippen LogP contribution in [0, 0.1) is 5.92 Å². The van der Waals surface area contributed by atoms with Gasteiger partial charge in [-0.05, 0) is 25.7 Å². The van der Waals surface area contributed by atoms with Crippen LogP contribution in [0.1, 0.15) is 45.4 Å². The highest BCUT2D eigenvalue weighted by molar-refractivity contribution is 5.85. The van der Waals surface area contributed by atoms with E-state index < -0.39 is 0 Å². The highest BCUT2D eigenvalue weighted by Crippen LogP contribution is 2.25. The Kier molecular flexibility index (Phi) is 3.44. The summed E-state index contributed by atoms with van der Waals surface area (Å²) in [5.41, 5.74) is 0. The third kappa shape index (κ3) is 2.10. The second-order valence-corrected chi connectivity index (χ2v) is 4.56. The fraction of sp³-hybridized carbons (Fsp3) is 0.917. The van der Waals surface area contributed by atoms with E-state index in [2.05, 4.69) is 11.8 Å². The van der Waals surface area contributed by atoms with Gasteiger partial charge in [0.25, 0.3) is 0 Å². The first-order chi connectivity index (χ1) is 6.92. The lowest BCUT2D eigenvalue weighted by atomic mass is 9.90. The van der Waals surface area contributed by atoms with Gasteiger partial charge in [0.1, 0.15) is 5.84 Å². The molecule has 0 bridgehead atoms. The summed E-state index contributed by atoms with van der Waals surface area (Å²) in [5.74, 6) is 2.25. The first kappa shape index (κ1) is 10.0. The van der Waals surface area contributed by atoms with Crippen LogP contribution in [-0.4, -0.2) is 30.4 Å². The lowest BCUT2D eigenvalue weighted by Crippen LogP contribution is -2.44. The third-order valence-corrected chi connectivity index (χ3v) is 3.44. The van der Waals surface area contributed by atoms with Crippen LogP contribution in [0.3, 0.4) is 0 Å². The Morgan fingerprint density at radius 2 is 2.21 bits per heavy atom. The average molecular weight is 194 g/mol. The largest absolute Gasteiger partial charge is 0.360 e. The minimum absolute atomic E-state index is 0.795. The first-order valence-electron chi connectivity index (χ1n) is 6.21. The van der Waals surface area contributed by atoms with Gasteiger partial charge in [0, 0.05) is 25.6 Å². The minimum Gasteiger partial charge on any atom is -0.360 e. The number of fused-ring (bicyclic) bond motifs is 1. The molecule has 2 rings (SSSR count). The second kappa shape index (κ2) is 4.81. The molecular weight excluding hydrogens is 172 g/mol. The molecule has 14 heavy (non-hydrogen) atoms. The lowest BCUT2D eigenvalue weighted by Gasteiger charge is -2.38. The molecule has 80 valence electrons. The number of aliphatic imine (C=N–C) groups is 1. The summed E-state index contributed by atoms with van der Waals surface area (Å²) < 4.78 is 0. The van der Waals surface area contributed by atoms with Gasteiger partial charge in [-0.25, -0.2) is 0 Å². The molecule has 0 aromatic heterocycles. The van der Waals surface area contributed by atoms with Gasteiger partial charge in [0.15, 0.2) is 0 Å². The lowest BCUT2D eigenvalue weighted by molar-refractivity contribution is 0.303. The van der Waals surface area contributed by atoms with Crippen molar-refractivity contribution in [1.29, 1.82) is 0 Å². The van der Waals surface area contributed by atoms with Crippen LogP contribution in [0.5, 0.6) is 0 Å². The zero-order valence-electron chi connectivity index (χ0n) is 9.34. The monoisotopic (exact) mass is 194 g/mol.